The van der Waals surface area contributed by atoms with Gasteiger partial charge >= 0.3 is 5.97 Å². The number of ether oxygens (including phenoxy) is 2. The maximum Gasteiger partial charge on any atom is 0.337 e. The summed E-state index contributed by atoms with van der Waals surface area (Å²) in [6, 6.07) is 24.8. The first-order chi connectivity index (χ1) is 17.1. The highest BCUT2D eigenvalue weighted by molar-refractivity contribution is 7.80. The third-order valence-corrected chi connectivity index (χ3v) is 6.39. The number of aromatic nitrogens is 2. The molecule has 0 aliphatic carbocycles. The number of nitrogens with zero attached hydrogens (tertiary/aromatic N) is 3. The standard InChI is InChI=1S/C27H24N4O3S/c1-33-21-8-5-7-20(17-21)31-25(24(29-27(31)35)22-9-3-4-15-28-22)23-10-6-16-30(23)19-13-11-18(12-14-19)26(32)34-2/h3-17,24-25H,1-2H3,(H,29,35)/t24-,25+/m1/s1. The van der Waals surface area contributed by atoms with Crippen molar-refractivity contribution >= 4 is 29.0 Å². The number of thiocarbonyl (C=S) groups is 1. The zero-order chi connectivity index (χ0) is 24.4. The first-order valence-corrected chi connectivity index (χ1v) is 11.5. The summed E-state index contributed by atoms with van der Waals surface area (Å²) < 4.78 is 12.4. The third kappa shape index (κ3) is 4.24. The van der Waals surface area contributed by atoms with Crippen molar-refractivity contribution in [1.82, 2.24) is 14.9 Å². The molecule has 0 bridgehead atoms. The van der Waals surface area contributed by atoms with Crippen LogP contribution >= 0.6 is 12.2 Å². The molecule has 0 radical (unpaired) electrons. The van der Waals surface area contributed by atoms with Crippen LogP contribution in [0.1, 0.15) is 33.8 Å². The summed E-state index contributed by atoms with van der Waals surface area (Å²) in [6.07, 6.45) is 3.79. The minimum atomic E-state index is -0.367. The van der Waals surface area contributed by atoms with E-state index in [1.54, 1.807) is 25.4 Å². The number of pyridine rings is 1. The summed E-state index contributed by atoms with van der Waals surface area (Å²) >= 11 is 5.83. The molecular formula is C27H24N4O3S. The summed E-state index contributed by atoms with van der Waals surface area (Å²) in [7, 11) is 3.03. The fraction of sp³-hybridized carbons (Fsp3) is 0.148. The molecule has 176 valence electrons. The van der Waals surface area contributed by atoms with Crippen molar-refractivity contribution < 1.29 is 14.3 Å². The van der Waals surface area contributed by atoms with E-state index in [4.69, 9.17) is 21.7 Å². The van der Waals surface area contributed by atoms with Gasteiger partial charge in [0.1, 0.15) is 11.8 Å². The first kappa shape index (κ1) is 22.6. The third-order valence-electron chi connectivity index (χ3n) is 6.08. The number of rotatable bonds is 6. The minimum Gasteiger partial charge on any atom is -0.497 e. The van der Waals surface area contributed by atoms with E-state index < -0.39 is 0 Å². The molecule has 5 rings (SSSR count). The van der Waals surface area contributed by atoms with Gasteiger partial charge in [0, 0.05) is 35.5 Å². The molecule has 3 heterocycles. The Morgan fingerprint density at radius 1 is 0.971 bits per heavy atom. The maximum absolute atomic E-state index is 11.9. The molecule has 0 amide bonds. The number of anilines is 1. The van der Waals surface area contributed by atoms with Gasteiger partial charge < -0.3 is 24.3 Å². The van der Waals surface area contributed by atoms with E-state index in [0.29, 0.717) is 10.7 Å². The van der Waals surface area contributed by atoms with Gasteiger partial charge in [-0.15, -0.1) is 0 Å². The second-order valence-corrected chi connectivity index (χ2v) is 8.43. The Kier molecular flexibility index (Phi) is 6.20. The van der Waals surface area contributed by atoms with E-state index in [2.05, 4.69) is 25.8 Å². The van der Waals surface area contributed by atoms with Crippen molar-refractivity contribution in [2.75, 3.05) is 19.1 Å². The molecule has 7 nitrogen and oxygen atoms in total. The summed E-state index contributed by atoms with van der Waals surface area (Å²) in [5.41, 5.74) is 4.23. The number of carbonyl (C=O) groups is 1. The Balaban J connectivity index is 1.62. The van der Waals surface area contributed by atoms with Gasteiger partial charge in [-0.25, -0.2) is 4.79 Å². The van der Waals surface area contributed by atoms with Gasteiger partial charge in [-0.2, -0.15) is 0 Å². The number of nitrogens with one attached hydrogen (secondary N) is 1. The van der Waals surface area contributed by atoms with Gasteiger partial charge in [0.2, 0.25) is 0 Å². The lowest BCUT2D eigenvalue weighted by molar-refractivity contribution is 0.0600. The molecule has 2 aromatic heterocycles. The molecular weight excluding hydrogens is 460 g/mol. The fourth-order valence-electron chi connectivity index (χ4n) is 4.44. The number of methoxy groups -OCH3 is 2. The lowest BCUT2D eigenvalue weighted by Crippen LogP contribution is -2.30. The van der Waals surface area contributed by atoms with Crippen molar-refractivity contribution in [2.45, 2.75) is 12.1 Å². The number of carbonyl (C=O) groups excluding carboxylic acids is 1. The Bertz CT molecular complexity index is 1350. The molecule has 1 aliphatic heterocycles. The molecule has 0 unspecified atom stereocenters. The predicted octanol–water partition coefficient (Wildman–Crippen LogP) is 4.84. The number of hydrogen-bond donors (Lipinski definition) is 1. The van der Waals surface area contributed by atoms with Crippen LogP contribution in [0.25, 0.3) is 5.69 Å². The second-order valence-electron chi connectivity index (χ2n) is 8.04. The molecule has 1 aliphatic rings. The van der Waals surface area contributed by atoms with Crippen molar-refractivity contribution in [3.8, 4) is 11.4 Å². The van der Waals surface area contributed by atoms with E-state index in [-0.39, 0.29) is 18.1 Å². The van der Waals surface area contributed by atoms with E-state index in [0.717, 1.165) is 28.5 Å². The van der Waals surface area contributed by atoms with E-state index >= 15 is 0 Å². The van der Waals surface area contributed by atoms with Crippen LogP contribution in [0.4, 0.5) is 5.69 Å². The molecule has 8 heteroatoms. The highest BCUT2D eigenvalue weighted by Gasteiger charge is 2.42. The smallest absolute Gasteiger partial charge is 0.337 e. The monoisotopic (exact) mass is 484 g/mol. The van der Waals surface area contributed by atoms with Crippen LogP contribution in [0.15, 0.2) is 91.3 Å². The average molecular weight is 485 g/mol. The highest BCUT2D eigenvalue weighted by Crippen LogP contribution is 2.42. The Morgan fingerprint density at radius 2 is 1.80 bits per heavy atom. The summed E-state index contributed by atoms with van der Waals surface area (Å²) in [5.74, 6) is 0.383. The normalized spacial score (nSPS) is 17.2. The average Bonchev–Trinajstić information content (AvgIpc) is 3.53. The van der Waals surface area contributed by atoms with Gasteiger partial charge in [-0.3, -0.25) is 4.98 Å². The van der Waals surface area contributed by atoms with Crippen LogP contribution in [-0.2, 0) is 4.74 Å². The summed E-state index contributed by atoms with van der Waals surface area (Å²) in [6.45, 7) is 0. The number of esters is 1. The van der Waals surface area contributed by atoms with Gasteiger partial charge in [-0.05, 0) is 72.9 Å². The van der Waals surface area contributed by atoms with E-state index in [1.165, 1.54) is 7.11 Å². The highest BCUT2D eigenvalue weighted by atomic mass is 32.1. The Hall–Kier alpha value is -4.17. The topological polar surface area (TPSA) is 68.6 Å². The Labute approximate surface area is 208 Å². The molecule has 2 aromatic carbocycles. The minimum absolute atomic E-state index is 0.183. The van der Waals surface area contributed by atoms with Crippen molar-refractivity contribution in [2.24, 2.45) is 0 Å². The van der Waals surface area contributed by atoms with Gasteiger partial charge in [0.15, 0.2) is 5.11 Å². The zero-order valence-electron chi connectivity index (χ0n) is 19.3. The van der Waals surface area contributed by atoms with Crippen molar-refractivity contribution in [3.63, 3.8) is 0 Å². The molecule has 0 spiro atoms. The van der Waals surface area contributed by atoms with Crippen LogP contribution in [0.5, 0.6) is 5.75 Å². The van der Waals surface area contributed by atoms with E-state index in [1.807, 2.05) is 66.9 Å². The quantitative estimate of drug-likeness (QED) is 0.310. The maximum atomic E-state index is 11.9. The lowest BCUT2D eigenvalue weighted by atomic mass is 10.0. The molecule has 1 fully saturated rings. The van der Waals surface area contributed by atoms with E-state index in [9.17, 15) is 4.79 Å². The summed E-state index contributed by atoms with van der Waals surface area (Å²) in [4.78, 5) is 18.6. The van der Waals surface area contributed by atoms with Crippen LogP contribution in [0.3, 0.4) is 0 Å². The van der Waals surface area contributed by atoms with Crippen LogP contribution in [0.2, 0.25) is 0 Å². The summed E-state index contributed by atoms with van der Waals surface area (Å²) in [5, 5.41) is 4.09. The lowest BCUT2D eigenvalue weighted by Gasteiger charge is -2.29. The van der Waals surface area contributed by atoms with Crippen LogP contribution in [-0.4, -0.2) is 34.9 Å². The molecule has 4 aromatic rings. The molecule has 1 saturated heterocycles. The van der Waals surface area contributed by atoms with Crippen LogP contribution < -0.4 is 15.0 Å². The Morgan fingerprint density at radius 3 is 2.51 bits per heavy atom. The first-order valence-electron chi connectivity index (χ1n) is 11.1. The largest absolute Gasteiger partial charge is 0.497 e. The SMILES string of the molecule is COC(=O)c1ccc(-n2cccc2[C@H]2[C@@H](c3ccccn3)NC(=S)N2c2cccc(OC)c2)cc1. The molecule has 35 heavy (non-hydrogen) atoms. The molecule has 0 saturated carbocycles. The molecule has 1 N–H and O–H groups in total. The van der Waals surface area contributed by atoms with Crippen molar-refractivity contribution in [3.05, 3.63) is 108 Å². The predicted molar refractivity (Wildman–Crippen MR) is 138 cm³/mol. The second kappa shape index (κ2) is 9.60. The van der Waals surface area contributed by atoms with Gasteiger partial charge in [0.05, 0.1) is 31.5 Å². The number of hydrogen-bond acceptors (Lipinski definition) is 5. The zero-order valence-corrected chi connectivity index (χ0v) is 20.1. The molecule has 2 atom stereocenters. The van der Waals surface area contributed by atoms with Gasteiger partial charge in [-0.1, -0.05) is 12.1 Å². The fourth-order valence-corrected chi connectivity index (χ4v) is 4.79. The van der Waals surface area contributed by atoms with Crippen molar-refractivity contribution in [1.29, 1.82) is 0 Å². The van der Waals surface area contributed by atoms with Gasteiger partial charge in [0.25, 0.3) is 0 Å². The number of benzene rings is 2. The van der Waals surface area contributed by atoms with Crippen LogP contribution in [0, 0.1) is 0 Å².